The van der Waals surface area contributed by atoms with E-state index in [4.69, 9.17) is 21.1 Å². The molecule has 0 radical (unpaired) electrons. The van der Waals surface area contributed by atoms with Gasteiger partial charge in [0.05, 0.1) is 37.3 Å². The fraction of sp³-hybridized carbons (Fsp3) is 0.300. The van der Waals surface area contributed by atoms with E-state index in [1.54, 1.807) is 37.5 Å². The molecular formula is C30H31ClN8O4. The van der Waals surface area contributed by atoms with Crippen LogP contribution in [-0.2, 0) is 17.8 Å². The lowest BCUT2D eigenvalue weighted by Crippen LogP contribution is -2.24. The molecule has 222 valence electrons. The van der Waals surface area contributed by atoms with Gasteiger partial charge in [0, 0.05) is 48.8 Å². The highest BCUT2D eigenvalue weighted by Crippen LogP contribution is 2.38. The smallest absolute Gasteiger partial charge is 0.267 e. The molecule has 0 aliphatic carbocycles. The molecule has 1 aromatic carbocycles. The number of benzene rings is 1. The van der Waals surface area contributed by atoms with E-state index in [9.17, 15) is 14.9 Å². The molecule has 4 aromatic rings. The number of carbonyl (C=O) groups excluding carboxylic acids is 1. The van der Waals surface area contributed by atoms with Crippen LogP contribution in [0.15, 0.2) is 53.2 Å². The number of carbonyl (C=O) groups is 1. The number of allylic oxidation sites excluding steroid dienone is 1. The summed E-state index contributed by atoms with van der Waals surface area (Å²) in [6, 6.07) is 6.92. The first-order valence-corrected chi connectivity index (χ1v) is 13.6. The topological polar surface area (TPSA) is 157 Å². The van der Waals surface area contributed by atoms with Gasteiger partial charge in [-0.15, -0.1) is 0 Å². The minimum Gasteiger partial charge on any atom is -0.497 e. The van der Waals surface area contributed by atoms with Crippen LogP contribution in [0.2, 0.25) is 5.02 Å². The van der Waals surface area contributed by atoms with Crippen molar-refractivity contribution < 1.29 is 14.3 Å². The van der Waals surface area contributed by atoms with Crippen molar-refractivity contribution >= 4 is 40.3 Å². The first kappa shape index (κ1) is 30.9. The van der Waals surface area contributed by atoms with Crippen LogP contribution in [0.4, 0.5) is 11.8 Å². The highest BCUT2D eigenvalue weighted by atomic mass is 35.5. The van der Waals surface area contributed by atoms with E-state index in [0.29, 0.717) is 51.7 Å². The lowest BCUT2D eigenvalue weighted by molar-refractivity contribution is -0.112. The highest BCUT2D eigenvalue weighted by Gasteiger charge is 2.20. The molecule has 0 saturated heterocycles. The minimum absolute atomic E-state index is 0.0128. The molecule has 0 aliphatic rings. The van der Waals surface area contributed by atoms with Crippen LogP contribution in [0.25, 0.3) is 22.2 Å². The van der Waals surface area contributed by atoms with Gasteiger partial charge in [0.1, 0.15) is 28.8 Å². The Bertz CT molecular complexity index is 1810. The van der Waals surface area contributed by atoms with Gasteiger partial charge in [0.15, 0.2) is 5.82 Å². The maximum absolute atomic E-state index is 13.9. The summed E-state index contributed by atoms with van der Waals surface area (Å²) in [6.07, 6.45) is 6.45. The molecule has 12 nitrogen and oxygen atoms in total. The van der Waals surface area contributed by atoms with Crippen LogP contribution in [-0.4, -0.2) is 51.7 Å². The molecule has 13 heteroatoms. The lowest BCUT2D eigenvalue weighted by Gasteiger charge is -2.15. The number of amides is 1. The van der Waals surface area contributed by atoms with Crippen LogP contribution < -0.4 is 25.7 Å². The van der Waals surface area contributed by atoms with Gasteiger partial charge in [-0.3, -0.25) is 19.1 Å². The van der Waals surface area contributed by atoms with E-state index < -0.39 is 5.91 Å². The van der Waals surface area contributed by atoms with Gasteiger partial charge in [0.2, 0.25) is 5.95 Å². The second-order valence-electron chi connectivity index (χ2n) is 10.6. The zero-order valence-electron chi connectivity index (χ0n) is 24.6. The first-order valence-electron chi connectivity index (χ1n) is 13.2. The maximum atomic E-state index is 13.9. The van der Waals surface area contributed by atoms with Gasteiger partial charge >= 0.3 is 0 Å². The molecule has 0 spiro atoms. The Morgan fingerprint density at radius 2 is 1.86 bits per heavy atom. The number of anilines is 2. The van der Waals surface area contributed by atoms with Crippen LogP contribution in [0.5, 0.6) is 11.5 Å². The molecule has 0 fully saturated rings. The van der Waals surface area contributed by atoms with Crippen molar-refractivity contribution in [3.8, 4) is 28.7 Å². The zero-order chi connectivity index (χ0) is 31.3. The molecule has 43 heavy (non-hydrogen) atoms. The number of hydrogen-bond acceptors (Lipinski definition) is 10. The number of rotatable bonds is 9. The maximum Gasteiger partial charge on any atom is 0.267 e. The summed E-state index contributed by atoms with van der Waals surface area (Å²) < 4.78 is 12.3. The molecule has 2 N–H and O–H groups in total. The van der Waals surface area contributed by atoms with Crippen molar-refractivity contribution in [1.29, 1.82) is 5.26 Å². The fourth-order valence-electron chi connectivity index (χ4n) is 4.25. The van der Waals surface area contributed by atoms with Crippen molar-refractivity contribution in [1.82, 2.24) is 24.5 Å². The second kappa shape index (κ2) is 12.9. The third-order valence-corrected chi connectivity index (χ3v) is 6.68. The number of hydrogen-bond donors (Lipinski definition) is 2. The molecule has 0 saturated carbocycles. The predicted octanol–water partition coefficient (Wildman–Crippen LogP) is 4.64. The Morgan fingerprint density at radius 1 is 1.09 bits per heavy atom. The standard InChI is InChI=1S/C30H31ClN8O4/c1-30(2,3)12-18(13-32)27(40)37-24-16-34-19(15-35-24)7-8-39-26-17(14-36-29(33-4)38-26)9-22(28(39)41)21-10-20(42-5)11-23(43-6)25(21)31/h9-12,14-16H,7-8H2,1-6H3,(H,33,36,38)(H,35,37,40). The molecule has 4 rings (SSSR count). The fourth-order valence-corrected chi connectivity index (χ4v) is 4.54. The summed E-state index contributed by atoms with van der Waals surface area (Å²) in [5, 5.41) is 15.8. The van der Waals surface area contributed by atoms with Crippen LogP contribution in [0.1, 0.15) is 26.5 Å². The summed E-state index contributed by atoms with van der Waals surface area (Å²) in [5.74, 6) is 0.819. The van der Waals surface area contributed by atoms with Gasteiger partial charge in [-0.1, -0.05) is 38.4 Å². The lowest BCUT2D eigenvalue weighted by atomic mass is 9.93. The van der Waals surface area contributed by atoms with E-state index in [-0.39, 0.29) is 33.9 Å². The number of nitriles is 1. The van der Waals surface area contributed by atoms with Crippen molar-refractivity contribution in [2.45, 2.75) is 33.7 Å². The van der Waals surface area contributed by atoms with Crippen molar-refractivity contribution in [2.24, 2.45) is 5.41 Å². The normalized spacial score (nSPS) is 11.6. The monoisotopic (exact) mass is 602 g/mol. The molecule has 0 unspecified atom stereocenters. The third kappa shape index (κ3) is 7.07. The minimum atomic E-state index is -0.567. The number of aromatic nitrogens is 5. The van der Waals surface area contributed by atoms with Gasteiger partial charge in [-0.25, -0.2) is 9.97 Å². The summed E-state index contributed by atoms with van der Waals surface area (Å²) in [4.78, 5) is 44.0. The Morgan fingerprint density at radius 3 is 2.47 bits per heavy atom. The predicted molar refractivity (Wildman–Crippen MR) is 164 cm³/mol. The highest BCUT2D eigenvalue weighted by molar-refractivity contribution is 6.35. The first-order chi connectivity index (χ1) is 20.5. The molecule has 3 aromatic heterocycles. The number of methoxy groups -OCH3 is 2. The molecule has 0 bridgehead atoms. The number of nitrogens with zero attached hydrogens (tertiary/aromatic N) is 6. The van der Waals surface area contributed by atoms with E-state index >= 15 is 0 Å². The molecule has 0 aliphatic heterocycles. The SMILES string of the molecule is CNc1ncc2cc(-c3cc(OC)cc(OC)c3Cl)c(=O)n(CCc3cnc(NC(=O)C(C#N)=CC(C)(C)C)cn3)c2n1. The summed E-state index contributed by atoms with van der Waals surface area (Å²) in [6.45, 7) is 5.88. The Balaban J connectivity index is 1.68. The average molecular weight is 603 g/mol. The summed E-state index contributed by atoms with van der Waals surface area (Å²) >= 11 is 6.64. The molecule has 3 heterocycles. The largest absolute Gasteiger partial charge is 0.497 e. The Kier molecular flexibility index (Phi) is 9.26. The van der Waals surface area contributed by atoms with Crippen LogP contribution in [0.3, 0.4) is 0 Å². The summed E-state index contributed by atoms with van der Waals surface area (Å²) in [5.41, 5.74) is 1.05. The molecular weight excluding hydrogens is 572 g/mol. The Labute approximate surface area is 253 Å². The number of halogens is 1. The van der Waals surface area contributed by atoms with E-state index in [2.05, 4.69) is 30.6 Å². The summed E-state index contributed by atoms with van der Waals surface area (Å²) in [7, 11) is 4.69. The number of fused-ring (bicyclic) bond motifs is 1. The van der Waals surface area contributed by atoms with Crippen molar-refractivity contribution in [3.05, 3.63) is 69.5 Å². The van der Waals surface area contributed by atoms with E-state index in [1.165, 1.54) is 31.2 Å². The number of nitrogens with one attached hydrogen (secondary N) is 2. The van der Waals surface area contributed by atoms with E-state index in [1.807, 2.05) is 26.8 Å². The second-order valence-corrected chi connectivity index (χ2v) is 10.9. The number of ether oxygens (including phenoxy) is 2. The van der Waals surface area contributed by atoms with Crippen molar-refractivity contribution in [3.63, 3.8) is 0 Å². The van der Waals surface area contributed by atoms with Gasteiger partial charge in [-0.05, 0) is 17.5 Å². The van der Waals surface area contributed by atoms with Gasteiger partial charge < -0.3 is 20.1 Å². The van der Waals surface area contributed by atoms with Crippen LogP contribution in [0, 0.1) is 16.7 Å². The zero-order valence-corrected chi connectivity index (χ0v) is 25.4. The third-order valence-electron chi connectivity index (χ3n) is 6.29. The van der Waals surface area contributed by atoms with Crippen molar-refractivity contribution in [2.75, 3.05) is 31.9 Å². The number of pyridine rings is 1. The van der Waals surface area contributed by atoms with Gasteiger partial charge in [0.25, 0.3) is 11.5 Å². The average Bonchev–Trinajstić information content (AvgIpc) is 2.99. The Hall–Kier alpha value is -5.02. The molecule has 0 atom stereocenters. The molecule has 1 amide bonds. The van der Waals surface area contributed by atoms with Crippen LogP contribution >= 0.6 is 11.6 Å². The van der Waals surface area contributed by atoms with E-state index in [0.717, 1.165) is 0 Å². The van der Waals surface area contributed by atoms with Gasteiger partial charge in [-0.2, -0.15) is 10.2 Å². The number of aryl methyl sites for hydroxylation is 2. The quantitative estimate of drug-likeness (QED) is 0.204.